The summed E-state index contributed by atoms with van der Waals surface area (Å²) in [4.78, 5) is 0. The van der Waals surface area contributed by atoms with Crippen LogP contribution in [0.25, 0.3) is 11.2 Å². The molecule has 0 aliphatic rings. The van der Waals surface area contributed by atoms with Gasteiger partial charge in [0.25, 0.3) is 0 Å². The molecule has 2 heteroatoms. The lowest BCUT2D eigenvalue weighted by molar-refractivity contribution is 0.0569. The first kappa shape index (κ1) is 13.3. The van der Waals surface area contributed by atoms with Crippen LogP contribution in [0.5, 0.6) is 0 Å². The summed E-state index contributed by atoms with van der Waals surface area (Å²) in [6, 6.07) is 2.15. The Morgan fingerprint density at radius 3 is 1.89 bits per heavy atom. The van der Waals surface area contributed by atoms with E-state index < -0.39 is 0 Å². The van der Waals surface area contributed by atoms with Crippen LogP contribution in [-0.4, -0.2) is 0 Å². The molecule has 2 rings (SSSR count). The van der Waals surface area contributed by atoms with E-state index in [1.165, 1.54) is 16.7 Å². The van der Waals surface area contributed by atoms with Gasteiger partial charge in [0.1, 0.15) is 0 Å². The van der Waals surface area contributed by atoms with Crippen molar-refractivity contribution in [1.82, 2.24) is 0 Å². The molecule has 100 valence electrons. The molecule has 1 aromatic heterocycles. The lowest BCUT2D eigenvalue weighted by atomic mass is 9.76. The van der Waals surface area contributed by atoms with Crippen LogP contribution in [-0.2, 0) is 5.41 Å². The number of fused-ring (bicyclic) bond motifs is 1. The highest BCUT2D eigenvalue weighted by Gasteiger charge is 2.30. The van der Waals surface area contributed by atoms with E-state index in [-0.39, 0.29) is 5.41 Å². The van der Waals surface area contributed by atoms with Crippen molar-refractivity contribution >= 4 is 11.2 Å². The lowest BCUT2D eigenvalue weighted by Gasteiger charge is -2.29. The summed E-state index contributed by atoms with van der Waals surface area (Å²) in [5, 5.41) is 0. The van der Waals surface area contributed by atoms with E-state index in [4.69, 9.17) is 9.15 Å². The molecule has 18 heavy (non-hydrogen) atoms. The van der Waals surface area contributed by atoms with Crippen molar-refractivity contribution in [3.05, 3.63) is 22.8 Å². The normalized spacial score (nSPS) is 13.2. The van der Waals surface area contributed by atoms with E-state index in [1.807, 2.05) is 0 Å². The SMILES string of the molecule is CC(C)c1cc2ooc2c(C(C)(C)C)c1C(C)C. The summed E-state index contributed by atoms with van der Waals surface area (Å²) in [6.07, 6.45) is 0. The van der Waals surface area contributed by atoms with Crippen molar-refractivity contribution in [1.29, 1.82) is 0 Å². The van der Waals surface area contributed by atoms with Crippen molar-refractivity contribution in [3.63, 3.8) is 0 Å². The van der Waals surface area contributed by atoms with Gasteiger partial charge in [0.15, 0.2) is 0 Å². The van der Waals surface area contributed by atoms with E-state index in [0.29, 0.717) is 11.8 Å². The molecule has 0 saturated heterocycles. The second kappa shape index (κ2) is 4.18. The van der Waals surface area contributed by atoms with Crippen molar-refractivity contribution in [2.24, 2.45) is 0 Å². The second-order valence-electron chi connectivity index (χ2n) is 6.81. The summed E-state index contributed by atoms with van der Waals surface area (Å²) >= 11 is 0. The average Bonchev–Trinajstić information content (AvgIpc) is 2.16. The molecule has 0 unspecified atom stereocenters. The molecule has 0 N–H and O–H groups in total. The van der Waals surface area contributed by atoms with Gasteiger partial charge >= 0.3 is 0 Å². The first-order valence-electron chi connectivity index (χ1n) is 6.79. The summed E-state index contributed by atoms with van der Waals surface area (Å²) < 4.78 is 10.4. The van der Waals surface area contributed by atoms with Gasteiger partial charge in [0.2, 0.25) is 11.2 Å². The largest absolute Gasteiger partial charge is 0.286 e. The molecule has 0 bridgehead atoms. The Morgan fingerprint density at radius 2 is 1.56 bits per heavy atom. The Labute approximate surface area is 109 Å². The van der Waals surface area contributed by atoms with Crippen molar-refractivity contribution < 1.29 is 9.15 Å². The van der Waals surface area contributed by atoms with Crippen LogP contribution >= 0.6 is 0 Å². The Morgan fingerprint density at radius 1 is 0.944 bits per heavy atom. The summed E-state index contributed by atoms with van der Waals surface area (Å²) in [5.74, 6) is 0.990. The van der Waals surface area contributed by atoms with Crippen molar-refractivity contribution in [2.75, 3.05) is 0 Å². The Hall–Kier alpha value is -1.18. The van der Waals surface area contributed by atoms with Gasteiger partial charge in [-0.25, -0.2) is 0 Å². The predicted molar refractivity (Wildman–Crippen MR) is 75.4 cm³/mol. The Balaban J connectivity index is 2.83. The standard InChI is InChI=1S/C16H24O2/c1-9(2)11-8-12-15(18-17-12)14(16(5,6)7)13(11)10(3)4/h8-10H,1-7H3. The quantitative estimate of drug-likeness (QED) is 0.649. The smallest absolute Gasteiger partial charge is 0.229 e. The molecular weight excluding hydrogens is 224 g/mol. The van der Waals surface area contributed by atoms with Gasteiger partial charge in [-0.1, -0.05) is 48.5 Å². The van der Waals surface area contributed by atoms with Crippen LogP contribution in [0.15, 0.2) is 15.2 Å². The Bertz CT molecular complexity index is 547. The predicted octanol–water partition coefficient (Wildman–Crippen LogP) is 5.57. The molecular formula is C16H24O2. The van der Waals surface area contributed by atoms with E-state index >= 15 is 0 Å². The maximum absolute atomic E-state index is 5.26. The molecule has 2 aromatic rings. The van der Waals surface area contributed by atoms with Crippen molar-refractivity contribution in [3.8, 4) is 0 Å². The minimum absolute atomic E-state index is 0.0678. The van der Waals surface area contributed by atoms with Gasteiger partial charge in [-0.3, -0.25) is 9.15 Å². The highest BCUT2D eigenvalue weighted by molar-refractivity contribution is 5.79. The fourth-order valence-electron chi connectivity index (χ4n) is 2.72. The summed E-state index contributed by atoms with van der Waals surface area (Å²) in [7, 11) is 0. The highest BCUT2D eigenvalue weighted by atomic mass is 17.0. The van der Waals surface area contributed by atoms with E-state index in [2.05, 4.69) is 54.5 Å². The fourth-order valence-corrected chi connectivity index (χ4v) is 2.72. The number of hydrogen-bond acceptors (Lipinski definition) is 2. The fraction of sp³-hybridized carbons (Fsp3) is 0.625. The number of benzene rings is 1. The molecule has 0 aliphatic heterocycles. The molecule has 1 aromatic carbocycles. The van der Waals surface area contributed by atoms with Crippen LogP contribution in [0.3, 0.4) is 0 Å². The average molecular weight is 248 g/mol. The molecule has 0 spiro atoms. The third-order valence-corrected chi connectivity index (χ3v) is 3.48. The van der Waals surface area contributed by atoms with Crippen LogP contribution in [0.2, 0.25) is 0 Å². The zero-order valence-electron chi connectivity index (χ0n) is 12.5. The molecule has 2 nitrogen and oxygen atoms in total. The van der Waals surface area contributed by atoms with Crippen LogP contribution in [0.1, 0.15) is 77.0 Å². The second-order valence-corrected chi connectivity index (χ2v) is 6.81. The van der Waals surface area contributed by atoms with Gasteiger partial charge in [0, 0.05) is 5.56 Å². The maximum atomic E-state index is 5.26. The molecule has 0 atom stereocenters. The molecule has 0 saturated carbocycles. The highest BCUT2D eigenvalue weighted by Crippen LogP contribution is 2.42. The van der Waals surface area contributed by atoms with E-state index in [9.17, 15) is 0 Å². The van der Waals surface area contributed by atoms with E-state index in [1.54, 1.807) is 0 Å². The lowest BCUT2D eigenvalue weighted by Crippen LogP contribution is -2.18. The first-order valence-corrected chi connectivity index (χ1v) is 6.79. The Kier molecular flexibility index (Phi) is 3.08. The van der Waals surface area contributed by atoms with Gasteiger partial charge < -0.3 is 0 Å². The van der Waals surface area contributed by atoms with Crippen LogP contribution in [0.4, 0.5) is 0 Å². The zero-order valence-corrected chi connectivity index (χ0v) is 12.5. The van der Waals surface area contributed by atoms with Gasteiger partial charge in [-0.15, -0.1) is 0 Å². The number of rotatable bonds is 2. The van der Waals surface area contributed by atoms with Gasteiger partial charge in [-0.2, -0.15) is 0 Å². The monoisotopic (exact) mass is 248 g/mol. The molecule has 0 fully saturated rings. The third-order valence-electron chi connectivity index (χ3n) is 3.48. The molecule has 0 aliphatic carbocycles. The summed E-state index contributed by atoms with van der Waals surface area (Å²) in [6.45, 7) is 15.7. The van der Waals surface area contributed by atoms with Crippen LogP contribution in [0, 0.1) is 0 Å². The molecule has 1 heterocycles. The van der Waals surface area contributed by atoms with Crippen LogP contribution < -0.4 is 0 Å². The molecule has 0 amide bonds. The van der Waals surface area contributed by atoms with E-state index in [0.717, 1.165) is 11.2 Å². The van der Waals surface area contributed by atoms with Gasteiger partial charge in [0.05, 0.1) is 0 Å². The van der Waals surface area contributed by atoms with Crippen molar-refractivity contribution in [2.45, 2.75) is 65.7 Å². The topological polar surface area (TPSA) is 26.3 Å². The number of hydrogen-bond donors (Lipinski definition) is 0. The maximum Gasteiger partial charge on any atom is 0.229 e. The third kappa shape index (κ3) is 1.98. The minimum atomic E-state index is 0.0678. The molecule has 0 radical (unpaired) electrons. The first-order chi connectivity index (χ1) is 8.23. The zero-order chi connectivity index (χ0) is 13.7. The minimum Gasteiger partial charge on any atom is -0.286 e. The van der Waals surface area contributed by atoms with Gasteiger partial charge in [-0.05, 0) is 34.4 Å². The summed E-state index contributed by atoms with van der Waals surface area (Å²) in [5.41, 5.74) is 6.03.